The lowest BCUT2D eigenvalue weighted by atomic mass is 9.96. The lowest BCUT2D eigenvalue weighted by Crippen LogP contribution is -2.40. The number of nitro benzene ring substituents is 1. The normalized spacial score (nSPS) is 21.3. The van der Waals surface area contributed by atoms with Crippen LogP contribution in [0.5, 0.6) is 0 Å². The number of likely N-dealkylation sites (tertiary alicyclic amines) is 1. The molecule has 0 spiro atoms. The molecule has 1 saturated heterocycles. The first-order chi connectivity index (χ1) is 12.0. The minimum atomic E-state index is -4.72. The Bertz CT molecular complexity index is 707. The molecule has 8 nitrogen and oxygen atoms in total. The van der Waals surface area contributed by atoms with E-state index in [1.807, 2.05) is 0 Å². The Morgan fingerprint density at radius 3 is 2.31 bits per heavy atom. The first-order valence-corrected chi connectivity index (χ1v) is 7.60. The van der Waals surface area contributed by atoms with Crippen LogP contribution in [0.25, 0.3) is 0 Å². The van der Waals surface area contributed by atoms with E-state index in [2.05, 4.69) is 5.32 Å². The number of hydrogen-bond acceptors (Lipinski definition) is 4. The molecule has 2 amide bonds. The van der Waals surface area contributed by atoms with Crippen LogP contribution >= 0.6 is 0 Å². The SMILES string of the molecule is C[C@H](NC(=O)N1C[C@@H](C(F)(F)F)[C@H](C(=O)O)C1)c1ccc([N+](=O)[O-])cc1. The van der Waals surface area contributed by atoms with Crippen molar-refractivity contribution in [2.75, 3.05) is 13.1 Å². The van der Waals surface area contributed by atoms with Crippen molar-refractivity contribution in [3.05, 3.63) is 39.9 Å². The number of rotatable bonds is 4. The van der Waals surface area contributed by atoms with Gasteiger partial charge >= 0.3 is 18.2 Å². The highest BCUT2D eigenvalue weighted by molar-refractivity contribution is 5.78. The molecular weight excluding hydrogens is 359 g/mol. The van der Waals surface area contributed by atoms with E-state index < -0.39 is 54.1 Å². The van der Waals surface area contributed by atoms with Crippen LogP contribution in [0, 0.1) is 22.0 Å². The molecule has 11 heteroatoms. The summed E-state index contributed by atoms with van der Waals surface area (Å²) in [6.45, 7) is 0.280. The molecule has 26 heavy (non-hydrogen) atoms. The number of benzene rings is 1. The minimum Gasteiger partial charge on any atom is -0.481 e. The molecule has 1 aromatic rings. The summed E-state index contributed by atoms with van der Waals surface area (Å²) in [4.78, 5) is 34.1. The molecule has 2 rings (SSSR count). The van der Waals surface area contributed by atoms with Crippen LogP contribution in [0.2, 0.25) is 0 Å². The van der Waals surface area contributed by atoms with E-state index in [4.69, 9.17) is 5.11 Å². The third-order valence-electron chi connectivity index (χ3n) is 4.29. The Morgan fingerprint density at radius 1 is 1.31 bits per heavy atom. The van der Waals surface area contributed by atoms with Gasteiger partial charge in [-0.1, -0.05) is 12.1 Å². The van der Waals surface area contributed by atoms with Crippen molar-refractivity contribution in [3.8, 4) is 0 Å². The summed E-state index contributed by atoms with van der Waals surface area (Å²) in [7, 11) is 0. The zero-order valence-electron chi connectivity index (χ0n) is 13.6. The van der Waals surface area contributed by atoms with Crippen LogP contribution in [0.1, 0.15) is 18.5 Å². The van der Waals surface area contributed by atoms with E-state index in [0.717, 1.165) is 4.90 Å². The lowest BCUT2D eigenvalue weighted by molar-refractivity contribution is -0.384. The standard InChI is InChI=1S/C15H16F3N3O5/c1-8(9-2-4-10(5-3-9)21(25)26)19-14(24)20-6-11(13(22)23)12(7-20)15(16,17)18/h2-5,8,11-12H,6-7H2,1H3,(H,19,24)(H,22,23)/t8-,11+,12+/m0/s1. The number of carboxylic acids is 1. The van der Waals surface area contributed by atoms with E-state index >= 15 is 0 Å². The van der Waals surface area contributed by atoms with E-state index in [1.165, 1.54) is 24.3 Å². The molecule has 3 atom stereocenters. The maximum atomic E-state index is 13.0. The fourth-order valence-electron chi connectivity index (χ4n) is 2.80. The van der Waals surface area contributed by atoms with Gasteiger partial charge in [-0.2, -0.15) is 13.2 Å². The first kappa shape index (κ1) is 19.5. The molecule has 0 aromatic heterocycles. The van der Waals surface area contributed by atoms with Crippen molar-refractivity contribution in [1.29, 1.82) is 0 Å². The van der Waals surface area contributed by atoms with Gasteiger partial charge in [-0.25, -0.2) is 4.79 Å². The Kier molecular flexibility index (Phi) is 5.38. The zero-order chi connectivity index (χ0) is 19.6. The second-order valence-electron chi connectivity index (χ2n) is 6.02. The van der Waals surface area contributed by atoms with Crippen molar-refractivity contribution in [1.82, 2.24) is 10.2 Å². The second-order valence-corrected chi connectivity index (χ2v) is 6.02. The van der Waals surface area contributed by atoms with Crippen molar-refractivity contribution in [2.45, 2.75) is 19.1 Å². The number of nitro groups is 1. The smallest absolute Gasteiger partial charge is 0.394 e. The number of carbonyl (C=O) groups excluding carboxylic acids is 1. The monoisotopic (exact) mass is 375 g/mol. The second kappa shape index (κ2) is 7.18. The summed E-state index contributed by atoms with van der Waals surface area (Å²) in [5.74, 6) is -5.44. The van der Waals surface area contributed by atoms with Gasteiger partial charge in [0.25, 0.3) is 5.69 Å². The van der Waals surface area contributed by atoms with E-state index in [9.17, 15) is 32.9 Å². The Morgan fingerprint density at radius 2 is 1.88 bits per heavy atom. The van der Waals surface area contributed by atoms with Gasteiger partial charge < -0.3 is 15.3 Å². The highest BCUT2D eigenvalue weighted by Crippen LogP contribution is 2.37. The number of hydrogen-bond donors (Lipinski definition) is 2. The molecule has 142 valence electrons. The minimum absolute atomic E-state index is 0.135. The van der Waals surface area contributed by atoms with Gasteiger partial charge in [-0.05, 0) is 12.5 Å². The Hall–Kier alpha value is -2.85. The van der Waals surface area contributed by atoms with Crippen LogP contribution in [-0.2, 0) is 4.79 Å². The van der Waals surface area contributed by atoms with Crippen LogP contribution < -0.4 is 5.32 Å². The van der Waals surface area contributed by atoms with E-state index in [1.54, 1.807) is 6.92 Å². The van der Waals surface area contributed by atoms with Crippen LogP contribution in [0.4, 0.5) is 23.7 Å². The largest absolute Gasteiger partial charge is 0.481 e. The fourth-order valence-corrected chi connectivity index (χ4v) is 2.80. The van der Waals surface area contributed by atoms with Crippen molar-refractivity contribution in [3.63, 3.8) is 0 Å². The van der Waals surface area contributed by atoms with E-state index in [-0.39, 0.29) is 5.69 Å². The van der Waals surface area contributed by atoms with Gasteiger partial charge in [0.2, 0.25) is 0 Å². The molecule has 0 aliphatic carbocycles. The average molecular weight is 375 g/mol. The fraction of sp³-hybridized carbons (Fsp3) is 0.467. The predicted molar refractivity (Wildman–Crippen MR) is 82.3 cm³/mol. The summed E-state index contributed by atoms with van der Waals surface area (Å²) in [5, 5.41) is 22.1. The number of aliphatic carboxylic acids is 1. The predicted octanol–water partition coefficient (Wildman–Crippen LogP) is 2.56. The van der Waals surface area contributed by atoms with Crippen LogP contribution in [-0.4, -0.2) is 46.2 Å². The number of carboxylic acid groups (broad SMARTS) is 1. The van der Waals surface area contributed by atoms with Gasteiger partial charge in [0, 0.05) is 25.2 Å². The summed E-state index contributed by atoms with van der Waals surface area (Å²) >= 11 is 0. The summed E-state index contributed by atoms with van der Waals surface area (Å²) < 4.78 is 38.9. The number of halogens is 3. The van der Waals surface area contributed by atoms with Gasteiger partial charge in [-0.3, -0.25) is 14.9 Å². The maximum Gasteiger partial charge on any atom is 0.394 e. The molecule has 0 unspecified atom stereocenters. The molecule has 0 radical (unpaired) electrons. The maximum absolute atomic E-state index is 13.0. The molecule has 1 fully saturated rings. The molecule has 1 aromatic carbocycles. The summed E-state index contributed by atoms with van der Waals surface area (Å²) in [5.41, 5.74) is 0.384. The van der Waals surface area contributed by atoms with Gasteiger partial charge in [-0.15, -0.1) is 0 Å². The molecule has 1 heterocycles. The van der Waals surface area contributed by atoms with E-state index in [0.29, 0.717) is 5.56 Å². The van der Waals surface area contributed by atoms with Crippen molar-refractivity contribution >= 4 is 17.7 Å². The first-order valence-electron chi connectivity index (χ1n) is 7.60. The number of alkyl halides is 3. The van der Waals surface area contributed by atoms with Gasteiger partial charge in [0.05, 0.1) is 22.8 Å². The number of nitrogens with zero attached hydrogens (tertiary/aromatic N) is 2. The number of urea groups is 1. The molecule has 2 N–H and O–H groups in total. The number of amides is 2. The molecule has 1 aliphatic heterocycles. The number of non-ortho nitro benzene ring substituents is 1. The highest BCUT2D eigenvalue weighted by atomic mass is 19.4. The molecule has 0 saturated carbocycles. The van der Waals surface area contributed by atoms with Crippen molar-refractivity contribution in [2.24, 2.45) is 11.8 Å². The Labute approximate surface area is 145 Å². The Balaban J connectivity index is 2.05. The molecule has 0 bridgehead atoms. The van der Waals surface area contributed by atoms with Crippen molar-refractivity contribution < 1.29 is 32.8 Å². The average Bonchev–Trinajstić information content (AvgIpc) is 3.01. The number of carbonyl (C=O) groups is 2. The van der Waals surface area contributed by atoms with Gasteiger partial charge in [0.15, 0.2) is 0 Å². The third kappa shape index (κ3) is 4.21. The molecular formula is C15H16F3N3O5. The quantitative estimate of drug-likeness (QED) is 0.620. The third-order valence-corrected chi connectivity index (χ3v) is 4.29. The van der Waals surface area contributed by atoms with Gasteiger partial charge in [0.1, 0.15) is 0 Å². The zero-order valence-corrected chi connectivity index (χ0v) is 13.6. The van der Waals surface area contributed by atoms with Crippen LogP contribution in [0.15, 0.2) is 24.3 Å². The highest BCUT2D eigenvalue weighted by Gasteiger charge is 2.53. The van der Waals surface area contributed by atoms with Crippen LogP contribution in [0.3, 0.4) is 0 Å². The lowest BCUT2D eigenvalue weighted by Gasteiger charge is -2.21. The topological polar surface area (TPSA) is 113 Å². The summed E-state index contributed by atoms with van der Waals surface area (Å²) in [6.07, 6.45) is -4.72. The molecule has 1 aliphatic rings. The summed E-state index contributed by atoms with van der Waals surface area (Å²) in [6, 6.07) is 3.88. The number of nitrogens with one attached hydrogen (secondary N) is 1.